The lowest BCUT2D eigenvalue weighted by Gasteiger charge is -2.32. The van der Waals surface area contributed by atoms with Gasteiger partial charge in [-0.3, -0.25) is 28.5 Å². The Kier molecular flexibility index (Phi) is 17.6. The van der Waals surface area contributed by atoms with E-state index in [0.29, 0.717) is 29.7 Å². The highest BCUT2D eigenvalue weighted by molar-refractivity contribution is 7.98. The van der Waals surface area contributed by atoms with E-state index < -0.39 is 91.9 Å². The zero-order valence-electron chi connectivity index (χ0n) is 29.8. The molecule has 1 saturated heterocycles. The van der Waals surface area contributed by atoms with Gasteiger partial charge in [0.2, 0.25) is 29.5 Å². The molecule has 5 atom stereocenters. The van der Waals surface area contributed by atoms with Gasteiger partial charge >= 0.3 is 13.6 Å². The molecule has 1 heterocycles. The molecule has 2 rings (SSSR count). The van der Waals surface area contributed by atoms with Gasteiger partial charge in [0.1, 0.15) is 30.2 Å². The van der Waals surface area contributed by atoms with Gasteiger partial charge in [-0.05, 0) is 60.7 Å². The number of thioether (sulfide) groups is 1. The van der Waals surface area contributed by atoms with Gasteiger partial charge < -0.3 is 46.8 Å². The molecule has 16 nitrogen and oxygen atoms in total. The van der Waals surface area contributed by atoms with Crippen LogP contribution >= 0.6 is 19.4 Å². The number of amides is 5. The number of rotatable bonds is 20. The quantitative estimate of drug-likeness (QED) is 0.0839. The lowest BCUT2D eigenvalue weighted by molar-refractivity contribution is -0.144. The number of nitrogens with one attached hydrogen (secondary N) is 4. The summed E-state index contributed by atoms with van der Waals surface area (Å²) < 4.78 is 11.4. The summed E-state index contributed by atoms with van der Waals surface area (Å²) in [5.41, 5.74) is 6.45. The van der Waals surface area contributed by atoms with Crippen LogP contribution in [0.4, 0.5) is 0 Å². The summed E-state index contributed by atoms with van der Waals surface area (Å²) in [7, 11) is -4.29. The van der Waals surface area contributed by atoms with E-state index >= 15 is 0 Å². The molecule has 0 unspecified atom stereocenters. The van der Waals surface area contributed by atoms with Crippen molar-refractivity contribution in [1.29, 1.82) is 0 Å². The minimum absolute atomic E-state index is 0.000290. The number of carboxylic acids is 1. The van der Waals surface area contributed by atoms with Crippen LogP contribution in [0.25, 0.3) is 0 Å². The number of nitrogens with two attached hydrogens (primary N) is 1. The number of aliphatic carboxylic acids is 1. The first kappa shape index (κ1) is 43.7. The van der Waals surface area contributed by atoms with Gasteiger partial charge in [-0.2, -0.15) is 11.8 Å². The highest BCUT2D eigenvalue weighted by Crippen LogP contribution is 2.39. The zero-order chi connectivity index (χ0) is 38.5. The Morgan fingerprint density at radius 3 is 2.06 bits per heavy atom. The van der Waals surface area contributed by atoms with Gasteiger partial charge in [-0.25, -0.2) is 4.79 Å². The zero-order valence-corrected chi connectivity index (χ0v) is 31.5. The van der Waals surface area contributed by atoms with E-state index in [4.69, 9.17) is 5.73 Å². The molecular formula is C33H53N6O10PS. The Hall–Kier alpha value is -3.50. The topological polar surface area (TPSA) is 258 Å². The van der Waals surface area contributed by atoms with E-state index in [0.717, 1.165) is 0 Å². The SMILES string of the molecule is CSCC[C@H](NC(=O)[C@@H]1CCCN1C(=O)[C@@H](NC(=O)[C@H](Cc1ccc(CP(=O)(O)O)cc1)NC(=O)CN)C(C)C)C(=O)N[C@@H](CC(C)C)C(=O)O. The summed E-state index contributed by atoms with van der Waals surface area (Å²) in [4.78, 5) is 98.3. The van der Waals surface area contributed by atoms with E-state index in [1.165, 1.54) is 28.8 Å². The normalized spacial score (nSPS) is 17.0. The molecule has 1 fully saturated rings. The van der Waals surface area contributed by atoms with Crippen LogP contribution in [0.15, 0.2) is 24.3 Å². The maximum absolute atomic E-state index is 14.0. The molecule has 0 spiro atoms. The first-order valence-corrected chi connectivity index (χ1v) is 20.1. The minimum Gasteiger partial charge on any atom is -0.480 e. The second kappa shape index (κ2) is 20.5. The highest BCUT2D eigenvalue weighted by atomic mass is 32.2. The Balaban J connectivity index is 2.23. The van der Waals surface area contributed by atoms with Crippen LogP contribution < -0.4 is 27.0 Å². The van der Waals surface area contributed by atoms with Crippen molar-refractivity contribution in [1.82, 2.24) is 26.2 Å². The number of hydrogen-bond donors (Lipinski definition) is 8. The number of benzene rings is 1. The van der Waals surface area contributed by atoms with Crippen LogP contribution in [0.2, 0.25) is 0 Å². The van der Waals surface area contributed by atoms with Gasteiger partial charge in [0, 0.05) is 13.0 Å². The second-order valence-electron chi connectivity index (χ2n) is 13.5. The predicted molar refractivity (Wildman–Crippen MR) is 192 cm³/mol. The summed E-state index contributed by atoms with van der Waals surface area (Å²) in [5, 5.41) is 20.2. The molecular weight excluding hydrogens is 703 g/mol. The average molecular weight is 757 g/mol. The van der Waals surface area contributed by atoms with Crippen molar-refractivity contribution in [2.24, 2.45) is 17.6 Å². The van der Waals surface area contributed by atoms with Crippen LogP contribution in [0.1, 0.15) is 64.5 Å². The van der Waals surface area contributed by atoms with E-state index in [9.17, 15) is 48.2 Å². The molecule has 18 heteroatoms. The minimum atomic E-state index is -4.29. The number of likely N-dealkylation sites (tertiary alicyclic amines) is 1. The number of carbonyl (C=O) groups is 6. The maximum Gasteiger partial charge on any atom is 0.329 e. The number of hydrogen-bond acceptors (Lipinski definition) is 9. The maximum atomic E-state index is 14.0. The van der Waals surface area contributed by atoms with Gasteiger partial charge in [-0.15, -0.1) is 0 Å². The smallest absolute Gasteiger partial charge is 0.329 e. The first-order valence-electron chi connectivity index (χ1n) is 16.9. The number of nitrogens with zero attached hydrogens (tertiary/aromatic N) is 1. The van der Waals surface area contributed by atoms with Crippen LogP contribution in [0.3, 0.4) is 0 Å². The molecule has 5 amide bonds. The van der Waals surface area contributed by atoms with E-state index in [-0.39, 0.29) is 31.7 Å². The van der Waals surface area contributed by atoms with Gasteiger partial charge in [0.05, 0.1) is 12.7 Å². The average Bonchev–Trinajstić information content (AvgIpc) is 3.54. The largest absolute Gasteiger partial charge is 0.480 e. The summed E-state index contributed by atoms with van der Waals surface area (Å²) >= 11 is 1.46. The molecule has 0 saturated carbocycles. The highest BCUT2D eigenvalue weighted by Gasteiger charge is 2.40. The van der Waals surface area contributed by atoms with E-state index in [1.807, 2.05) is 20.1 Å². The van der Waals surface area contributed by atoms with E-state index in [1.54, 1.807) is 26.0 Å². The number of carboxylic acid groups (broad SMARTS) is 1. The van der Waals surface area contributed by atoms with Crippen molar-refractivity contribution in [3.63, 3.8) is 0 Å². The Bertz CT molecular complexity index is 1420. The molecule has 286 valence electrons. The van der Waals surface area contributed by atoms with Crippen molar-refractivity contribution in [2.75, 3.05) is 25.1 Å². The lowest BCUT2D eigenvalue weighted by atomic mass is 9.99. The third kappa shape index (κ3) is 14.6. The number of carbonyl (C=O) groups excluding carboxylic acids is 5. The Morgan fingerprint density at radius 2 is 1.53 bits per heavy atom. The standard InChI is InChI=1S/C33H53N6O10PS/c1-19(2)15-25(33(45)46)37-29(41)23(12-14-51-5)36-31(43)26-7-6-13-39(26)32(44)28(20(3)4)38-30(42)24(35-27(40)17-34)16-21-8-10-22(11-9-21)18-50(47,48)49/h8-11,19-20,23-26,28H,6-7,12-18,34H2,1-5H3,(H,35,40)(H,36,43)(H,37,41)(H,38,42)(H,45,46)(H2,47,48,49)/t23-,24-,25-,26-,28-/m0/s1. The van der Waals surface area contributed by atoms with Crippen LogP contribution in [0.5, 0.6) is 0 Å². The second-order valence-corrected chi connectivity index (χ2v) is 16.1. The molecule has 0 radical (unpaired) electrons. The summed E-state index contributed by atoms with van der Waals surface area (Å²) in [6.45, 7) is 6.94. The molecule has 1 aliphatic heterocycles. The van der Waals surface area contributed by atoms with Crippen molar-refractivity contribution in [2.45, 2.75) is 96.2 Å². The fourth-order valence-electron chi connectivity index (χ4n) is 5.70. The van der Waals surface area contributed by atoms with Crippen LogP contribution in [0, 0.1) is 11.8 Å². The third-order valence-corrected chi connectivity index (χ3v) is 9.74. The Labute approximate surface area is 303 Å². The van der Waals surface area contributed by atoms with Crippen molar-refractivity contribution >= 4 is 54.9 Å². The summed E-state index contributed by atoms with van der Waals surface area (Å²) in [6.07, 6.45) is 2.62. The van der Waals surface area contributed by atoms with Crippen molar-refractivity contribution in [3.8, 4) is 0 Å². The molecule has 9 N–H and O–H groups in total. The third-order valence-electron chi connectivity index (χ3n) is 8.32. The predicted octanol–water partition coefficient (Wildman–Crippen LogP) is 0.336. The molecule has 0 aliphatic carbocycles. The van der Waals surface area contributed by atoms with Gasteiger partial charge in [0.15, 0.2) is 0 Å². The molecule has 51 heavy (non-hydrogen) atoms. The monoisotopic (exact) mass is 756 g/mol. The van der Waals surface area contributed by atoms with Crippen molar-refractivity contribution < 1.29 is 48.2 Å². The van der Waals surface area contributed by atoms with Gasteiger partial charge in [-0.1, -0.05) is 52.0 Å². The molecule has 0 bridgehead atoms. The first-order chi connectivity index (χ1) is 23.9. The molecule has 1 aromatic rings. The Morgan fingerprint density at radius 1 is 0.922 bits per heavy atom. The van der Waals surface area contributed by atoms with E-state index in [2.05, 4.69) is 21.3 Å². The summed E-state index contributed by atoms with van der Waals surface area (Å²) in [5.74, 6) is -4.11. The molecule has 1 aliphatic rings. The van der Waals surface area contributed by atoms with Crippen LogP contribution in [-0.2, 0) is 45.9 Å². The lowest BCUT2D eigenvalue weighted by Crippen LogP contribution is -2.60. The molecule has 0 aromatic heterocycles. The van der Waals surface area contributed by atoms with Crippen molar-refractivity contribution in [3.05, 3.63) is 35.4 Å². The fourth-order valence-corrected chi connectivity index (χ4v) is 6.86. The summed E-state index contributed by atoms with van der Waals surface area (Å²) in [6, 6.07) is 0.849. The van der Waals surface area contributed by atoms with Crippen LogP contribution in [-0.4, -0.2) is 111 Å². The van der Waals surface area contributed by atoms with Gasteiger partial charge in [0.25, 0.3) is 0 Å². The molecule has 1 aromatic carbocycles. The fraction of sp³-hybridized carbons (Fsp3) is 0.636.